The summed E-state index contributed by atoms with van der Waals surface area (Å²) in [6.45, 7) is 4.49. The van der Waals surface area contributed by atoms with Crippen LogP contribution in [0, 0.1) is 6.92 Å². The average molecular weight is 295 g/mol. The van der Waals surface area contributed by atoms with Crippen LogP contribution in [0.4, 0.5) is 10.6 Å². The molecule has 0 aliphatic heterocycles. The molecule has 0 spiro atoms. The van der Waals surface area contributed by atoms with Gasteiger partial charge in [0.15, 0.2) is 0 Å². The van der Waals surface area contributed by atoms with E-state index in [-0.39, 0.29) is 6.03 Å². The fraction of sp³-hybridized carbons (Fsp3) is 0.188. The van der Waals surface area contributed by atoms with Gasteiger partial charge in [-0.3, -0.25) is 10.4 Å². The van der Waals surface area contributed by atoms with E-state index < -0.39 is 0 Å². The Kier molecular flexibility index (Phi) is 3.74. The summed E-state index contributed by atoms with van der Waals surface area (Å²) in [4.78, 5) is 15.9. The second kappa shape index (κ2) is 5.85. The monoisotopic (exact) mass is 295 g/mol. The molecule has 0 saturated heterocycles. The van der Waals surface area contributed by atoms with Crippen molar-refractivity contribution in [3.8, 4) is 11.1 Å². The number of nitrogens with one attached hydrogen (secondary N) is 3. The van der Waals surface area contributed by atoms with E-state index in [4.69, 9.17) is 0 Å². The molecule has 0 bridgehead atoms. The molecule has 112 valence electrons. The summed E-state index contributed by atoms with van der Waals surface area (Å²) in [5, 5.41) is 14.3. The van der Waals surface area contributed by atoms with Crippen molar-refractivity contribution in [2.45, 2.75) is 13.8 Å². The van der Waals surface area contributed by atoms with Gasteiger partial charge in [-0.05, 0) is 42.5 Å². The minimum Gasteiger partial charge on any atom is -0.338 e. The number of hydrogen-bond donors (Lipinski definition) is 3. The van der Waals surface area contributed by atoms with Crippen LogP contribution in [0.3, 0.4) is 0 Å². The normalized spacial score (nSPS) is 10.6. The average Bonchev–Trinajstić information content (AvgIpc) is 3.01. The standard InChI is InChI=1S/C16H17N5O/c1-3-17-16(22)21-15-6-12-5-11(13-7-19-20-8-13)4-10(2)14(12)9-18-15/h4-9H,3H2,1-2H3,(H,19,20)(H2,17,18,21,22). The molecule has 0 atom stereocenters. The lowest BCUT2D eigenvalue weighted by atomic mass is 10.0. The van der Waals surface area contributed by atoms with Gasteiger partial charge in [-0.2, -0.15) is 5.10 Å². The van der Waals surface area contributed by atoms with Crippen molar-refractivity contribution in [3.05, 3.63) is 42.4 Å². The van der Waals surface area contributed by atoms with Gasteiger partial charge >= 0.3 is 6.03 Å². The largest absolute Gasteiger partial charge is 0.338 e. The smallest absolute Gasteiger partial charge is 0.320 e. The van der Waals surface area contributed by atoms with E-state index in [1.165, 1.54) is 0 Å². The van der Waals surface area contributed by atoms with Crippen LogP contribution < -0.4 is 10.6 Å². The topological polar surface area (TPSA) is 82.7 Å². The predicted octanol–water partition coefficient (Wildman–Crippen LogP) is 3.07. The SMILES string of the molecule is CCNC(=O)Nc1cc2cc(-c3cn[nH]c3)cc(C)c2cn1. The lowest BCUT2D eigenvalue weighted by Gasteiger charge is -2.09. The zero-order chi connectivity index (χ0) is 15.5. The molecule has 0 aliphatic rings. The van der Waals surface area contributed by atoms with Gasteiger partial charge in [0, 0.05) is 29.9 Å². The molecule has 0 radical (unpaired) electrons. The van der Waals surface area contributed by atoms with Crippen LogP contribution in [-0.4, -0.2) is 27.8 Å². The predicted molar refractivity (Wildman–Crippen MR) is 86.8 cm³/mol. The number of urea groups is 1. The van der Waals surface area contributed by atoms with E-state index in [0.29, 0.717) is 12.4 Å². The first-order valence-corrected chi connectivity index (χ1v) is 7.12. The maximum Gasteiger partial charge on any atom is 0.320 e. The first kappa shape index (κ1) is 14.1. The van der Waals surface area contributed by atoms with Crippen molar-refractivity contribution in [2.24, 2.45) is 0 Å². The van der Waals surface area contributed by atoms with E-state index in [1.54, 1.807) is 12.4 Å². The van der Waals surface area contributed by atoms with Gasteiger partial charge in [0.1, 0.15) is 5.82 Å². The Labute approximate surface area is 128 Å². The van der Waals surface area contributed by atoms with Crippen LogP contribution in [0.1, 0.15) is 12.5 Å². The maximum atomic E-state index is 11.6. The van der Waals surface area contributed by atoms with E-state index in [0.717, 1.165) is 27.5 Å². The van der Waals surface area contributed by atoms with Crippen molar-refractivity contribution >= 4 is 22.6 Å². The second-order valence-corrected chi connectivity index (χ2v) is 5.06. The molecule has 6 heteroatoms. The highest BCUT2D eigenvalue weighted by Crippen LogP contribution is 2.27. The number of nitrogens with zero attached hydrogens (tertiary/aromatic N) is 2. The summed E-state index contributed by atoms with van der Waals surface area (Å²) in [5.74, 6) is 0.530. The first-order chi connectivity index (χ1) is 10.7. The molecular formula is C16H17N5O. The van der Waals surface area contributed by atoms with Crippen LogP contribution in [0.15, 0.2) is 36.8 Å². The zero-order valence-electron chi connectivity index (χ0n) is 12.5. The fourth-order valence-electron chi connectivity index (χ4n) is 2.40. The van der Waals surface area contributed by atoms with E-state index >= 15 is 0 Å². The Morgan fingerprint density at radius 3 is 2.82 bits per heavy atom. The Morgan fingerprint density at radius 1 is 1.23 bits per heavy atom. The zero-order valence-corrected chi connectivity index (χ0v) is 12.5. The van der Waals surface area contributed by atoms with Gasteiger partial charge in [0.25, 0.3) is 0 Å². The van der Waals surface area contributed by atoms with Crippen molar-refractivity contribution in [3.63, 3.8) is 0 Å². The van der Waals surface area contributed by atoms with Crippen molar-refractivity contribution in [1.82, 2.24) is 20.5 Å². The van der Waals surface area contributed by atoms with Gasteiger partial charge in [0.05, 0.1) is 6.20 Å². The molecule has 3 aromatic rings. The number of hydrogen-bond acceptors (Lipinski definition) is 3. The third-order valence-electron chi connectivity index (χ3n) is 3.45. The molecule has 3 rings (SSSR count). The summed E-state index contributed by atoms with van der Waals surface area (Å²) in [6, 6.07) is 5.79. The molecule has 6 nitrogen and oxygen atoms in total. The molecule has 3 N–H and O–H groups in total. The number of aromatic nitrogens is 3. The summed E-state index contributed by atoms with van der Waals surface area (Å²) in [6.07, 6.45) is 5.43. The minimum atomic E-state index is -0.253. The van der Waals surface area contributed by atoms with Crippen molar-refractivity contribution < 1.29 is 4.79 Å². The summed E-state index contributed by atoms with van der Waals surface area (Å²) >= 11 is 0. The Morgan fingerprint density at radius 2 is 2.09 bits per heavy atom. The quantitative estimate of drug-likeness (QED) is 0.694. The maximum absolute atomic E-state index is 11.6. The number of amides is 2. The number of pyridine rings is 1. The van der Waals surface area contributed by atoms with Crippen molar-refractivity contribution in [1.29, 1.82) is 0 Å². The molecule has 1 aromatic carbocycles. The van der Waals surface area contributed by atoms with Gasteiger partial charge in [0.2, 0.25) is 0 Å². The van der Waals surface area contributed by atoms with Gasteiger partial charge < -0.3 is 5.32 Å². The van der Waals surface area contributed by atoms with Crippen molar-refractivity contribution in [2.75, 3.05) is 11.9 Å². The molecule has 0 saturated carbocycles. The number of rotatable bonds is 3. The number of aryl methyl sites for hydroxylation is 1. The molecular weight excluding hydrogens is 278 g/mol. The van der Waals surface area contributed by atoms with Crippen LogP contribution in [0.5, 0.6) is 0 Å². The van der Waals surface area contributed by atoms with Crippen LogP contribution in [-0.2, 0) is 0 Å². The Bertz CT molecular complexity index is 811. The van der Waals surface area contributed by atoms with E-state index in [9.17, 15) is 4.79 Å². The van der Waals surface area contributed by atoms with Gasteiger partial charge in [-0.15, -0.1) is 0 Å². The fourth-order valence-corrected chi connectivity index (χ4v) is 2.40. The number of H-pyrrole nitrogens is 1. The summed E-state index contributed by atoms with van der Waals surface area (Å²) < 4.78 is 0. The number of carbonyl (C=O) groups is 1. The summed E-state index contributed by atoms with van der Waals surface area (Å²) in [7, 11) is 0. The molecule has 22 heavy (non-hydrogen) atoms. The minimum absolute atomic E-state index is 0.253. The van der Waals surface area contributed by atoms with E-state index in [2.05, 4.69) is 37.9 Å². The Hall–Kier alpha value is -2.89. The van der Waals surface area contributed by atoms with Crippen LogP contribution in [0.2, 0.25) is 0 Å². The molecule has 2 aromatic heterocycles. The van der Waals surface area contributed by atoms with Crippen LogP contribution >= 0.6 is 0 Å². The molecule has 2 amide bonds. The highest BCUT2D eigenvalue weighted by atomic mass is 16.2. The number of benzene rings is 1. The van der Waals surface area contributed by atoms with E-state index in [1.807, 2.05) is 26.1 Å². The molecule has 0 unspecified atom stereocenters. The number of aromatic amines is 1. The first-order valence-electron chi connectivity index (χ1n) is 7.12. The second-order valence-electron chi connectivity index (χ2n) is 5.06. The molecule has 0 aliphatic carbocycles. The highest BCUT2D eigenvalue weighted by molar-refractivity contribution is 5.94. The number of fused-ring (bicyclic) bond motifs is 1. The third kappa shape index (κ3) is 2.76. The lowest BCUT2D eigenvalue weighted by molar-refractivity contribution is 0.252. The van der Waals surface area contributed by atoms with Gasteiger partial charge in [-0.1, -0.05) is 6.07 Å². The highest BCUT2D eigenvalue weighted by Gasteiger charge is 2.07. The molecule has 2 heterocycles. The lowest BCUT2D eigenvalue weighted by Crippen LogP contribution is -2.28. The Balaban J connectivity index is 2.01. The van der Waals surface area contributed by atoms with Crippen LogP contribution in [0.25, 0.3) is 21.9 Å². The van der Waals surface area contributed by atoms with Gasteiger partial charge in [-0.25, -0.2) is 9.78 Å². The molecule has 0 fully saturated rings. The summed E-state index contributed by atoms with van der Waals surface area (Å²) in [5.41, 5.74) is 3.24. The number of anilines is 1. The third-order valence-corrected chi connectivity index (χ3v) is 3.45. The number of carbonyl (C=O) groups excluding carboxylic acids is 1.